The van der Waals surface area contributed by atoms with Crippen molar-refractivity contribution in [2.24, 2.45) is 52.8 Å². The van der Waals surface area contributed by atoms with Crippen LogP contribution in [-0.4, -0.2) is 50.3 Å². The van der Waals surface area contributed by atoms with Crippen molar-refractivity contribution in [3.63, 3.8) is 0 Å². The Labute approximate surface area is 202 Å². The normalized spacial score (nSPS) is 51.8. The van der Waals surface area contributed by atoms with Gasteiger partial charge in [-0.05, 0) is 118 Å². The molecule has 33 heavy (non-hydrogen) atoms. The van der Waals surface area contributed by atoms with Crippen molar-refractivity contribution in [3.8, 4) is 0 Å². The molecule has 1 amide bonds. The van der Waals surface area contributed by atoms with Gasteiger partial charge in [-0.1, -0.05) is 18.7 Å². The van der Waals surface area contributed by atoms with Crippen LogP contribution in [0.1, 0.15) is 78.1 Å². The van der Waals surface area contributed by atoms with Gasteiger partial charge in [0.15, 0.2) is 5.78 Å². The van der Waals surface area contributed by atoms with Crippen LogP contribution >= 0.6 is 11.8 Å². The Balaban J connectivity index is 1.25. The van der Waals surface area contributed by atoms with E-state index < -0.39 is 11.8 Å². The highest BCUT2D eigenvalue weighted by molar-refractivity contribution is 8.13. The van der Waals surface area contributed by atoms with E-state index in [4.69, 9.17) is 0 Å². The van der Waals surface area contributed by atoms with E-state index >= 15 is 0 Å². The molecule has 1 saturated heterocycles. The molecule has 2 unspecified atom stereocenters. The largest absolute Gasteiger partial charge is 0.390 e. The van der Waals surface area contributed by atoms with E-state index in [2.05, 4.69) is 6.92 Å². The van der Waals surface area contributed by atoms with Crippen LogP contribution in [-0.2, 0) is 4.79 Å². The Morgan fingerprint density at radius 2 is 1.73 bits per heavy atom. The maximum absolute atomic E-state index is 13.7. The number of hydrogen-bond acceptors (Lipinski definition) is 5. The van der Waals surface area contributed by atoms with Gasteiger partial charge in [0.05, 0.1) is 12.1 Å². The number of rotatable bonds is 4. The molecule has 2 N–H and O–H groups in total. The molecule has 5 saturated carbocycles. The van der Waals surface area contributed by atoms with Gasteiger partial charge in [0.2, 0.25) is 0 Å². The molecule has 0 spiro atoms. The fraction of sp³-hybridized carbons (Fsp3) is 0.926. The average Bonchev–Trinajstić information content (AvgIpc) is 3.49. The van der Waals surface area contributed by atoms with Crippen molar-refractivity contribution in [1.29, 1.82) is 0 Å². The van der Waals surface area contributed by atoms with Gasteiger partial charge in [-0.2, -0.15) is 0 Å². The summed E-state index contributed by atoms with van der Waals surface area (Å²) in [5.74, 6) is 5.63. The summed E-state index contributed by atoms with van der Waals surface area (Å²) in [7, 11) is 0. The summed E-state index contributed by atoms with van der Waals surface area (Å²) >= 11 is 1.13. The Morgan fingerprint density at radius 3 is 2.42 bits per heavy atom. The molecule has 5 nitrogen and oxygen atoms in total. The summed E-state index contributed by atoms with van der Waals surface area (Å²) in [5.41, 5.74) is -0.437. The summed E-state index contributed by atoms with van der Waals surface area (Å²) in [6.07, 6.45) is 10.8. The van der Waals surface area contributed by atoms with Crippen LogP contribution in [0.15, 0.2) is 0 Å². The molecule has 6 heteroatoms. The Bertz CT molecular complexity index is 827. The SMILES string of the molecule is C[C@@]1(O)CC[C@H]2[C@H](CCC3[C@@H]4[C@H](C5CC5)C[C@H](C(=O)CN5C(=O)SCC5O)[C@@]4(C)CC[C@@H]32)C1. The third kappa shape index (κ3) is 3.72. The number of carbonyl (C=O) groups excluding carboxylic acids is 2. The van der Waals surface area contributed by atoms with Gasteiger partial charge >= 0.3 is 0 Å². The predicted molar refractivity (Wildman–Crippen MR) is 128 cm³/mol. The highest BCUT2D eigenvalue weighted by Gasteiger charge is 2.64. The van der Waals surface area contributed by atoms with E-state index in [9.17, 15) is 19.8 Å². The van der Waals surface area contributed by atoms with Crippen LogP contribution in [0.3, 0.4) is 0 Å². The molecule has 184 valence electrons. The van der Waals surface area contributed by atoms with Gasteiger partial charge in [-0.3, -0.25) is 14.5 Å². The van der Waals surface area contributed by atoms with E-state index in [1.54, 1.807) is 0 Å². The number of thioether (sulfide) groups is 1. The number of carbonyl (C=O) groups is 2. The first-order chi connectivity index (χ1) is 15.7. The summed E-state index contributed by atoms with van der Waals surface area (Å²) in [5, 5.41) is 20.8. The summed E-state index contributed by atoms with van der Waals surface area (Å²) in [6, 6.07) is 0. The monoisotopic (exact) mass is 475 g/mol. The molecule has 0 aromatic carbocycles. The summed E-state index contributed by atoms with van der Waals surface area (Å²) in [4.78, 5) is 27.3. The third-order valence-electron chi connectivity index (χ3n) is 11.2. The van der Waals surface area contributed by atoms with Gasteiger partial charge in [-0.15, -0.1) is 0 Å². The molecule has 10 atom stereocenters. The van der Waals surface area contributed by atoms with Crippen LogP contribution in [0, 0.1) is 52.8 Å². The van der Waals surface area contributed by atoms with Crippen molar-refractivity contribution in [2.45, 2.75) is 89.9 Å². The van der Waals surface area contributed by atoms with Crippen LogP contribution in [0.4, 0.5) is 4.79 Å². The van der Waals surface area contributed by atoms with E-state index in [0.717, 1.165) is 61.1 Å². The van der Waals surface area contributed by atoms with Crippen LogP contribution in [0.25, 0.3) is 0 Å². The molecule has 1 heterocycles. The second kappa shape index (κ2) is 7.96. The minimum Gasteiger partial charge on any atom is -0.390 e. The molecule has 0 aromatic rings. The van der Waals surface area contributed by atoms with Crippen LogP contribution in [0.5, 0.6) is 0 Å². The third-order valence-corrected chi connectivity index (χ3v) is 12.1. The lowest BCUT2D eigenvalue weighted by Crippen LogP contribution is -2.52. The lowest BCUT2D eigenvalue weighted by Gasteiger charge is -2.57. The molecular formula is C27H41NO4S. The summed E-state index contributed by atoms with van der Waals surface area (Å²) in [6.45, 7) is 4.53. The number of Topliss-reactive ketones (excluding diaryl/α,β-unsaturated/α-hetero) is 1. The molecular weight excluding hydrogens is 434 g/mol. The molecule has 6 fully saturated rings. The Hall–Kier alpha value is -0.590. The first-order valence-electron chi connectivity index (χ1n) is 13.5. The fourth-order valence-corrected chi connectivity index (χ4v) is 10.5. The molecule has 6 aliphatic rings. The molecule has 5 aliphatic carbocycles. The maximum atomic E-state index is 13.7. The van der Waals surface area contributed by atoms with Gasteiger partial charge in [-0.25, -0.2) is 0 Å². The number of ketones is 1. The minimum atomic E-state index is -0.815. The zero-order valence-corrected chi connectivity index (χ0v) is 21.1. The predicted octanol–water partition coefficient (Wildman–Crippen LogP) is 4.70. The van der Waals surface area contributed by atoms with E-state index in [0.29, 0.717) is 23.5 Å². The smallest absolute Gasteiger partial charge is 0.284 e. The molecule has 6 rings (SSSR count). The zero-order valence-electron chi connectivity index (χ0n) is 20.2. The van der Waals surface area contributed by atoms with E-state index in [1.807, 2.05) is 6.92 Å². The zero-order chi connectivity index (χ0) is 23.1. The topological polar surface area (TPSA) is 77.8 Å². The number of hydrogen-bond donors (Lipinski definition) is 2. The highest BCUT2D eigenvalue weighted by Crippen LogP contribution is 2.69. The number of fused-ring (bicyclic) bond motifs is 5. The molecule has 1 aliphatic heterocycles. The van der Waals surface area contributed by atoms with Gasteiger partial charge in [0, 0.05) is 11.7 Å². The lowest BCUT2D eigenvalue weighted by atomic mass is 9.48. The van der Waals surface area contributed by atoms with Crippen molar-refractivity contribution >= 4 is 22.8 Å². The average molecular weight is 476 g/mol. The lowest BCUT2D eigenvalue weighted by molar-refractivity contribution is -0.135. The van der Waals surface area contributed by atoms with Crippen LogP contribution in [0.2, 0.25) is 0 Å². The molecule has 0 aromatic heterocycles. The maximum Gasteiger partial charge on any atom is 0.284 e. The standard InChI is InChI=1S/C27H41NO4S/c1-26(32)9-7-17-16(12-26)5-6-19-18(17)8-10-27(2)21(11-20(24(19)27)15-3-4-15)22(29)13-28-23(30)14-33-25(28)31/h15-21,23-24,30,32H,3-14H2,1-2H3/t16-,17+,18-,19?,20+,21-,23?,24-,26-,27-/m1/s1. The van der Waals surface area contributed by atoms with Crippen LogP contribution < -0.4 is 0 Å². The minimum absolute atomic E-state index is 0.0319. The second-order valence-corrected chi connectivity index (χ2v) is 14.1. The van der Waals surface area contributed by atoms with E-state index in [1.165, 1.54) is 43.4 Å². The number of aliphatic hydroxyl groups excluding tert-OH is 1. The number of amides is 1. The van der Waals surface area contributed by atoms with Crippen molar-refractivity contribution in [2.75, 3.05) is 12.3 Å². The van der Waals surface area contributed by atoms with Gasteiger partial charge < -0.3 is 10.2 Å². The molecule has 0 radical (unpaired) electrons. The van der Waals surface area contributed by atoms with Crippen molar-refractivity contribution < 1.29 is 19.8 Å². The fourth-order valence-electron chi connectivity index (χ4n) is 9.66. The van der Waals surface area contributed by atoms with Gasteiger partial charge in [0.1, 0.15) is 6.23 Å². The Kier molecular flexibility index (Phi) is 5.51. The highest BCUT2D eigenvalue weighted by atomic mass is 32.2. The van der Waals surface area contributed by atoms with Gasteiger partial charge in [0.25, 0.3) is 5.24 Å². The first kappa shape index (κ1) is 22.8. The summed E-state index contributed by atoms with van der Waals surface area (Å²) < 4.78 is 0. The number of nitrogens with zero attached hydrogens (tertiary/aromatic N) is 1. The van der Waals surface area contributed by atoms with Crippen molar-refractivity contribution in [3.05, 3.63) is 0 Å². The van der Waals surface area contributed by atoms with E-state index in [-0.39, 0.29) is 28.9 Å². The molecule has 0 bridgehead atoms. The quantitative estimate of drug-likeness (QED) is 0.616. The van der Waals surface area contributed by atoms with Crippen molar-refractivity contribution in [1.82, 2.24) is 4.90 Å². The first-order valence-corrected chi connectivity index (χ1v) is 14.5. The second-order valence-electron chi connectivity index (χ2n) is 13.1. The Morgan fingerprint density at radius 1 is 1.00 bits per heavy atom. The number of aliphatic hydroxyl groups is 2.